The fourth-order valence-corrected chi connectivity index (χ4v) is 4.65. The Labute approximate surface area is 171 Å². The van der Waals surface area contributed by atoms with Crippen LogP contribution in [0, 0.1) is 0 Å². The standard InChI is InChI=1S/C21H25N3O4S/c1-16(25)17-6-10-20(11-7-17)29(27,28)24-14-12-23(13-15-24)21(26)18-4-8-19(9-5-18)22(2)3/h4-11H,12-15H2,1-3H3. The molecular formula is C21H25N3O4S. The van der Waals surface area contributed by atoms with Gasteiger partial charge in [0.05, 0.1) is 4.90 Å². The number of hydrogen-bond donors (Lipinski definition) is 0. The Hall–Kier alpha value is -2.71. The molecule has 2 aromatic rings. The van der Waals surface area contributed by atoms with Crippen molar-refractivity contribution in [3.05, 3.63) is 59.7 Å². The number of piperazine rings is 1. The lowest BCUT2D eigenvalue weighted by atomic mass is 10.1. The summed E-state index contributed by atoms with van der Waals surface area (Å²) in [5.74, 6) is -0.210. The molecule has 0 aromatic heterocycles. The summed E-state index contributed by atoms with van der Waals surface area (Å²) in [7, 11) is 0.214. The Morgan fingerprint density at radius 1 is 0.828 bits per heavy atom. The van der Waals surface area contributed by atoms with Crippen molar-refractivity contribution < 1.29 is 18.0 Å². The molecule has 0 unspecified atom stereocenters. The molecule has 7 nitrogen and oxygen atoms in total. The highest BCUT2D eigenvalue weighted by molar-refractivity contribution is 7.89. The number of rotatable bonds is 5. The number of nitrogens with zero attached hydrogens (tertiary/aromatic N) is 3. The van der Waals surface area contributed by atoms with Crippen LogP contribution in [0.2, 0.25) is 0 Å². The second-order valence-electron chi connectivity index (χ2n) is 7.22. The third kappa shape index (κ3) is 4.49. The molecule has 1 aliphatic heterocycles. The first kappa shape index (κ1) is 21.0. The predicted octanol–water partition coefficient (Wildman–Crippen LogP) is 2.10. The van der Waals surface area contributed by atoms with E-state index in [1.165, 1.54) is 35.5 Å². The first-order chi connectivity index (χ1) is 13.7. The van der Waals surface area contributed by atoms with Crippen molar-refractivity contribution in [3.8, 4) is 0 Å². The van der Waals surface area contributed by atoms with Crippen LogP contribution >= 0.6 is 0 Å². The first-order valence-electron chi connectivity index (χ1n) is 9.38. The van der Waals surface area contributed by atoms with Gasteiger partial charge in [0.25, 0.3) is 5.91 Å². The van der Waals surface area contributed by atoms with Gasteiger partial charge in [-0.2, -0.15) is 4.31 Å². The molecule has 1 fully saturated rings. The van der Waals surface area contributed by atoms with Crippen molar-refractivity contribution in [2.24, 2.45) is 0 Å². The maximum atomic E-state index is 12.8. The highest BCUT2D eigenvalue weighted by Crippen LogP contribution is 2.20. The van der Waals surface area contributed by atoms with Gasteiger partial charge >= 0.3 is 0 Å². The molecule has 1 saturated heterocycles. The van der Waals surface area contributed by atoms with E-state index >= 15 is 0 Å². The minimum Gasteiger partial charge on any atom is -0.378 e. The van der Waals surface area contributed by atoms with Crippen LogP contribution in [0.15, 0.2) is 53.4 Å². The van der Waals surface area contributed by atoms with E-state index in [9.17, 15) is 18.0 Å². The molecular weight excluding hydrogens is 390 g/mol. The largest absolute Gasteiger partial charge is 0.378 e. The van der Waals surface area contributed by atoms with Gasteiger partial charge in [0.1, 0.15) is 0 Å². The summed E-state index contributed by atoms with van der Waals surface area (Å²) in [5.41, 5.74) is 2.07. The van der Waals surface area contributed by atoms with Crippen molar-refractivity contribution in [2.45, 2.75) is 11.8 Å². The predicted molar refractivity (Wildman–Crippen MR) is 112 cm³/mol. The van der Waals surface area contributed by atoms with Crippen LogP contribution in [0.4, 0.5) is 5.69 Å². The van der Waals surface area contributed by atoms with E-state index in [4.69, 9.17) is 0 Å². The lowest BCUT2D eigenvalue weighted by molar-refractivity contribution is 0.0698. The van der Waals surface area contributed by atoms with E-state index in [0.29, 0.717) is 24.2 Å². The van der Waals surface area contributed by atoms with Gasteiger partial charge in [0, 0.05) is 57.1 Å². The summed E-state index contributed by atoms with van der Waals surface area (Å²) < 4.78 is 27.1. The van der Waals surface area contributed by atoms with Crippen molar-refractivity contribution in [1.29, 1.82) is 0 Å². The van der Waals surface area contributed by atoms with Gasteiger partial charge in [-0.1, -0.05) is 12.1 Å². The summed E-state index contributed by atoms with van der Waals surface area (Å²) in [4.78, 5) is 27.9. The van der Waals surface area contributed by atoms with Gasteiger partial charge in [-0.3, -0.25) is 9.59 Å². The Morgan fingerprint density at radius 2 is 1.34 bits per heavy atom. The number of hydrogen-bond acceptors (Lipinski definition) is 5. The smallest absolute Gasteiger partial charge is 0.253 e. The van der Waals surface area contributed by atoms with Crippen molar-refractivity contribution in [1.82, 2.24) is 9.21 Å². The summed E-state index contributed by atoms with van der Waals surface area (Å²) in [5, 5.41) is 0. The third-order valence-corrected chi connectivity index (χ3v) is 6.97. The van der Waals surface area contributed by atoms with E-state index in [-0.39, 0.29) is 29.7 Å². The van der Waals surface area contributed by atoms with E-state index in [1.807, 2.05) is 31.1 Å². The molecule has 0 aliphatic carbocycles. The van der Waals surface area contributed by atoms with E-state index in [2.05, 4.69) is 0 Å². The van der Waals surface area contributed by atoms with Crippen molar-refractivity contribution >= 4 is 27.4 Å². The Morgan fingerprint density at radius 3 is 1.83 bits per heavy atom. The molecule has 1 amide bonds. The molecule has 3 rings (SSSR count). The van der Waals surface area contributed by atoms with Crippen molar-refractivity contribution in [2.75, 3.05) is 45.2 Å². The number of carbonyl (C=O) groups is 2. The second kappa shape index (κ2) is 8.34. The average Bonchev–Trinajstić information content (AvgIpc) is 2.73. The molecule has 2 aromatic carbocycles. The molecule has 1 aliphatic rings. The maximum Gasteiger partial charge on any atom is 0.253 e. The van der Waals surface area contributed by atoms with Gasteiger partial charge in [0.2, 0.25) is 10.0 Å². The van der Waals surface area contributed by atoms with Crippen LogP contribution in [0.5, 0.6) is 0 Å². The van der Waals surface area contributed by atoms with Crippen LogP contribution in [0.3, 0.4) is 0 Å². The third-order valence-electron chi connectivity index (χ3n) is 5.06. The molecule has 1 heterocycles. The molecule has 0 spiro atoms. The number of Topliss-reactive ketones (excluding diaryl/α,β-unsaturated/α-hetero) is 1. The topological polar surface area (TPSA) is 78.0 Å². The lowest BCUT2D eigenvalue weighted by Gasteiger charge is -2.34. The second-order valence-corrected chi connectivity index (χ2v) is 9.16. The summed E-state index contributed by atoms with van der Waals surface area (Å²) >= 11 is 0. The zero-order valence-corrected chi connectivity index (χ0v) is 17.6. The van der Waals surface area contributed by atoms with Crippen LogP contribution in [0.1, 0.15) is 27.6 Å². The highest BCUT2D eigenvalue weighted by Gasteiger charge is 2.30. The maximum absolute atomic E-state index is 12.8. The molecule has 0 bridgehead atoms. The van der Waals surface area contributed by atoms with Crippen LogP contribution in [-0.4, -0.2) is 69.6 Å². The van der Waals surface area contributed by atoms with E-state index in [1.54, 1.807) is 17.0 Å². The minimum atomic E-state index is -3.65. The molecule has 154 valence electrons. The molecule has 0 atom stereocenters. The zero-order chi connectivity index (χ0) is 21.2. The quantitative estimate of drug-likeness (QED) is 0.699. The minimum absolute atomic E-state index is 0.0989. The Bertz CT molecular complexity index is 991. The number of carbonyl (C=O) groups excluding carboxylic acids is 2. The zero-order valence-electron chi connectivity index (χ0n) is 16.8. The Balaban J connectivity index is 1.66. The van der Waals surface area contributed by atoms with Crippen LogP contribution in [-0.2, 0) is 10.0 Å². The monoisotopic (exact) mass is 415 g/mol. The number of anilines is 1. The van der Waals surface area contributed by atoms with Crippen molar-refractivity contribution in [3.63, 3.8) is 0 Å². The first-order valence-corrected chi connectivity index (χ1v) is 10.8. The normalized spacial score (nSPS) is 15.2. The number of sulfonamides is 1. The molecule has 0 saturated carbocycles. The van der Waals surface area contributed by atoms with Gasteiger partial charge in [-0.15, -0.1) is 0 Å². The Kier molecular flexibility index (Phi) is 6.04. The fraction of sp³-hybridized carbons (Fsp3) is 0.333. The summed E-state index contributed by atoms with van der Waals surface area (Å²) in [6, 6.07) is 13.3. The number of benzene rings is 2. The molecule has 0 radical (unpaired) electrons. The number of ketones is 1. The molecule has 8 heteroatoms. The fourth-order valence-electron chi connectivity index (χ4n) is 3.23. The summed E-state index contributed by atoms with van der Waals surface area (Å²) in [6.45, 7) is 2.57. The number of amides is 1. The van der Waals surface area contributed by atoms with Crippen LogP contribution < -0.4 is 4.90 Å². The SMILES string of the molecule is CC(=O)c1ccc(S(=O)(=O)N2CCN(C(=O)c3ccc(N(C)C)cc3)CC2)cc1. The van der Waals surface area contributed by atoms with Crippen LogP contribution in [0.25, 0.3) is 0 Å². The summed E-state index contributed by atoms with van der Waals surface area (Å²) in [6.07, 6.45) is 0. The van der Waals surface area contributed by atoms with E-state index in [0.717, 1.165) is 5.69 Å². The molecule has 0 N–H and O–H groups in total. The molecule has 29 heavy (non-hydrogen) atoms. The van der Waals surface area contributed by atoms with Gasteiger partial charge < -0.3 is 9.80 Å². The van der Waals surface area contributed by atoms with Gasteiger partial charge in [-0.25, -0.2) is 8.42 Å². The highest BCUT2D eigenvalue weighted by atomic mass is 32.2. The lowest BCUT2D eigenvalue weighted by Crippen LogP contribution is -2.50. The van der Waals surface area contributed by atoms with E-state index < -0.39 is 10.0 Å². The average molecular weight is 416 g/mol. The van der Waals surface area contributed by atoms with Gasteiger partial charge in [0.15, 0.2) is 5.78 Å². The van der Waals surface area contributed by atoms with Gasteiger partial charge in [-0.05, 0) is 43.3 Å².